The van der Waals surface area contributed by atoms with Crippen LogP contribution in [0.2, 0.25) is 0 Å². The minimum absolute atomic E-state index is 0.0646. The van der Waals surface area contributed by atoms with Crippen LogP contribution in [0.5, 0.6) is 5.75 Å². The normalized spacial score (nSPS) is 15.3. The molecule has 0 saturated heterocycles. The van der Waals surface area contributed by atoms with Crippen molar-refractivity contribution in [3.63, 3.8) is 0 Å². The van der Waals surface area contributed by atoms with Crippen molar-refractivity contribution in [3.8, 4) is 5.75 Å². The number of rotatable bonds is 4. The molecule has 1 saturated carbocycles. The second kappa shape index (κ2) is 7.12. The van der Waals surface area contributed by atoms with E-state index < -0.39 is 0 Å². The van der Waals surface area contributed by atoms with Crippen LogP contribution >= 0.6 is 0 Å². The van der Waals surface area contributed by atoms with Gasteiger partial charge in [-0.15, -0.1) is 5.06 Å². The molecule has 1 fully saturated rings. The molecule has 0 radical (unpaired) electrons. The van der Waals surface area contributed by atoms with Crippen LogP contribution in [0.25, 0.3) is 0 Å². The molecule has 0 atom stereocenters. The van der Waals surface area contributed by atoms with E-state index in [9.17, 15) is 4.79 Å². The van der Waals surface area contributed by atoms with Crippen LogP contribution in [0.4, 0.5) is 5.69 Å². The molecule has 1 aliphatic rings. The van der Waals surface area contributed by atoms with Gasteiger partial charge in [-0.2, -0.15) is 0 Å². The van der Waals surface area contributed by atoms with Gasteiger partial charge in [-0.1, -0.05) is 55.7 Å². The van der Waals surface area contributed by atoms with E-state index in [0.29, 0.717) is 5.75 Å². The molecule has 0 spiro atoms. The Morgan fingerprint density at radius 3 is 2.09 bits per heavy atom. The summed E-state index contributed by atoms with van der Waals surface area (Å²) in [6.45, 7) is 0. The molecule has 1 aliphatic carbocycles. The van der Waals surface area contributed by atoms with E-state index in [2.05, 4.69) is 0 Å². The van der Waals surface area contributed by atoms with Crippen molar-refractivity contribution in [1.82, 2.24) is 0 Å². The highest BCUT2D eigenvalue weighted by atomic mass is 16.7. The highest BCUT2D eigenvalue weighted by Crippen LogP contribution is 2.28. The highest BCUT2D eigenvalue weighted by Gasteiger charge is 2.28. The van der Waals surface area contributed by atoms with Gasteiger partial charge in [0.1, 0.15) is 0 Å². The molecule has 0 bridgehead atoms. The molecule has 0 heterocycles. The van der Waals surface area contributed by atoms with E-state index in [0.717, 1.165) is 31.4 Å². The van der Waals surface area contributed by atoms with Crippen molar-refractivity contribution >= 4 is 11.6 Å². The Morgan fingerprint density at radius 1 is 0.864 bits per heavy atom. The molecule has 3 rings (SSSR count). The third-order valence-electron chi connectivity index (χ3n) is 4.09. The monoisotopic (exact) mass is 295 g/mol. The first-order chi connectivity index (χ1) is 10.8. The standard InChI is InChI=1S/C19H21NO2/c21-19(16-10-4-1-5-11-16)20(17-12-6-2-7-13-17)22-18-14-8-3-9-15-18/h2-3,6-9,12-16H,1,4-5,10-11H2. The predicted octanol–water partition coefficient (Wildman–Crippen LogP) is 4.59. The van der Waals surface area contributed by atoms with Gasteiger partial charge in [-0.25, -0.2) is 0 Å². The molecular weight excluding hydrogens is 274 g/mol. The molecule has 2 aromatic rings. The summed E-state index contributed by atoms with van der Waals surface area (Å²) in [4.78, 5) is 18.8. The molecule has 0 aromatic heterocycles. The Bertz CT molecular complexity index is 591. The van der Waals surface area contributed by atoms with Gasteiger partial charge in [0.05, 0.1) is 5.69 Å². The fourth-order valence-corrected chi connectivity index (χ4v) is 2.89. The van der Waals surface area contributed by atoms with Gasteiger partial charge in [0.25, 0.3) is 5.91 Å². The summed E-state index contributed by atoms with van der Waals surface area (Å²) in [5, 5.41) is 1.46. The molecule has 0 aliphatic heterocycles. The van der Waals surface area contributed by atoms with E-state index in [4.69, 9.17) is 4.84 Å². The zero-order chi connectivity index (χ0) is 15.2. The van der Waals surface area contributed by atoms with E-state index in [-0.39, 0.29) is 11.8 Å². The first kappa shape index (κ1) is 14.6. The first-order valence-corrected chi connectivity index (χ1v) is 7.96. The molecule has 114 valence electrons. The zero-order valence-corrected chi connectivity index (χ0v) is 12.7. The van der Waals surface area contributed by atoms with Crippen molar-refractivity contribution in [3.05, 3.63) is 60.7 Å². The number of nitrogens with zero attached hydrogens (tertiary/aromatic N) is 1. The van der Waals surface area contributed by atoms with Crippen LogP contribution in [0.1, 0.15) is 32.1 Å². The Kier molecular flexibility index (Phi) is 4.74. The topological polar surface area (TPSA) is 29.5 Å². The summed E-state index contributed by atoms with van der Waals surface area (Å²) >= 11 is 0. The SMILES string of the molecule is O=C(C1CCCCC1)N(Oc1ccccc1)c1ccccc1. The third-order valence-corrected chi connectivity index (χ3v) is 4.09. The summed E-state index contributed by atoms with van der Waals surface area (Å²) in [7, 11) is 0. The van der Waals surface area contributed by atoms with Crippen LogP contribution in [-0.2, 0) is 4.79 Å². The van der Waals surface area contributed by atoms with Crippen LogP contribution in [0.15, 0.2) is 60.7 Å². The number of anilines is 1. The lowest BCUT2D eigenvalue weighted by Gasteiger charge is -2.28. The minimum atomic E-state index is 0.0646. The van der Waals surface area contributed by atoms with Gasteiger partial charge in [-0.3, -0.25) is 4.79 Å². The van der Waals surface area contributed by atoms with Crippen molar-refractivity contribution in [2.24, 2.45) is 5.92 Å². The maximum Gasteiger partial charge on any atom is 0.263 e. The van der Waals surface area contributed by atoms with Crippen LogP contribution < -0.4 is 9.90 Å². The lowest BCUT2D eigenvalue weighted by molar-refractivity contribution is -0.127. The number of hydroxylamine groups is 1. The number of hydrogen-bond donors (Lipinski definition) is 0. The number of benzene rings is 2. The molecule has 3 nitrogen and oxygen atoms in total. The fourth-order valence-electron chi connectivity index (χ4n) is 2.89. The Morgan fingerprint density at radius 2 is 1.45 bits per heavy atom. The second-order valence-corrected chi connectivity index (χ2v) is 5.71. The molecule has 3 heteroatoms. The summed E-state index contributed by atoms with van der Waals surface area (Å²) in [5.74, 6) is 0.808. The number of carbonyl (C=O) groups excluding carboxylic acids is 1. The van der Waals surface area contributed by atoms with Crippen LogP contribution in [0.3, 0.4) is 0 Å². The average molecular weight is 295 g/mol. The Labute approximate surface area is 131 Å². The summed E-state index contributed by atoms with van der Waals surface area (Å²) in [6.07, 6.45) is 5.41. The number of amides is 1. The maximum atomic E-state index is 12.9. The van der Waals surface area contributed by atoms with Gasteiger partial charge in [0, 0.05) is 5.92 Å². The predicted molar refractivity (Wildman–Crippen MR) is 87.6 cm³/mol. The summed E-state index contributed by atoms with van der Waals surface area (Å²) < 4.78 is 0. The van der Waals surface area contributed by atoms with Crippen molar-refractivity contribution < 1.29 is 9.63 Å². The molecule has 0 N–H and O–H groups in total. The van der Waals surface area contributed by atoms with Crippen molar-refractivity contribution in [2.75, 3.05) is 5.06 Å². The van der Waals surface area contributed by atoms with E-state index >= 15 is 0 Å². The molecule has 0 unspecified atom stereocenters. The van der Waals surface area contributed by atoms with E-state index in [1.807, 2.05) is 60.7 Å². The molecule has 1 amide bonds. The zero-order valence-electron chi connectivity index (χ0n) is 12.7. The molecule has 2 aromatic carbocycles. The minimum Gasteiger partial charge on any atom is -0.372 e. The number of hydrogen-bond acceptors (Lipinski definition) is 2. The lowest BCUT2D eigenvalue weighted by Crippen LogP contribution is -2.39. The molecular formula is C19H21NO2. The summed E-state index contributed by atoms with van der Waals surface area (Å²) in [6, 6.07) is 19.1. The number of para-hydroxylation sites is 2. The van der Waals surface area contributed by atoms with E-state index in [1.54, 1.807) is 0 Å². The maximum absolute atomic E-state index is 12.9. The van der Waals surface area contributed by atoms with Crippen LogP contribution in [-0.4, -0.2) is 5.91 Å². The van der Waals surface area contributed by atoms with Crippen LogP contribution in [0, 0.1) is 5.92 Å². The van der Waals surface area contributed by atoms with Crippen molar-refractivity contribution in [1.29, 1.82) is 0 Å². The number of carbonyl (C=O) groups is 1. The van der Waals surface area contributed by atoms with Gasteiger partial charge >= 0.3 is 0 Å². The van der Waals surface area contributed by atoms with E-state index in [1.165, 1.54) is 11.5 Å². The first-order valence-electron chi connectivity index (χ1n) is 7.96. The van der Waals surface area contributed by atoms with Gasteiger partial charge in [0.2, 0.25) is 0 Å². The van der Waals surface area contributed by atoms with Gasteiger partial charge < -0.3 is 4.84 Å². The Balaban J connectivity index is 1.84. The second-order valence-electron chi connectivity index (χ2n) is 5.71. The Hall–Kier alpha value is -2.29. The average Bonchev–Trinajstić information content (AvgIpc) is 2.61. The van der Waals surface area contributed by atoms with Gasteiger partial charge in [-0.05, 0) is 37.1 Å². The van der Waals surface area contributed by atoms with Gasteiger partial charge in [0.15, 0.2) is 5.75 Å². The smallest absolute Gasteiger partial charge is 0.263 e. The highest BCUT2D eigenvalue weighted by molar-refractivity contribution is 5.93. The fraction of sp³-hybridized carbons (Fsp3) is 0.316. The molecule has 22 heavy (non-hydrogen) atoms. The third kappa shape index (κ3) is 3.48. The van der Waals surface area contributed by atoms with Crippen molar-refractivity contribution in [2.45, 2.75) is 32.1 Å². The quantitative estimate of drug-likeness (QED) is 0.772. The summed E-state index contributed by atoms with van der Waals surface area (Å²) in [5.41, 5.74) is 0.780. The lowest BCUT2D eigenvalue weighted by atomic mass is 9.88. The largest absolute Gasteiger partial charge is 0.372 e.